The lowest BCUT2D eigenvalue weighted by Crippen LogP contribution is -2.44. The number of imide groups is 1. The van der Waals surface area contributed by atoms with Crippen molar-refractivity contribution in [1.29, 1.82) is 0 Å². The van der Waals surface area contributed by atoms with Gasteiger partial charge in [0.15, 0.2) is 6.10 Å². The number of rotatable bonds is 6. The molecule has 0 radical (unpaired) electrons. The summed E-state index contributed by atoms with van der Waals surface area (Å²) in [4.78, 5) is 36.5. The highest BCUT2D eigenvalue weighted by molar-refractivity contribution is 6.00. The molecule has 0 aliphatic heterocycles. The molecule has 1 unspecified atom stereocenters. The van der Waals surface area contributed by atoms with Gasteiger partial charge in [-0.1, -0.05) is 18.2 Å². The van der Waals surface area contributed by atoms with Gasteiger partial charge in [0.1, 0.15) is 17.1 Å². The molecule has 9 heteroatoms. The second kappa shape index (κ2) is 9.66. The van der Waals surface area contributed by atoms with Gasteiger partial charge < -0.3 is 10.1 Å². The Morgan fingerprint density at radius 1 is 1.10 bits per heavy atom. The molecule has 1 heterocycles. The minimum absolute atomic E-state index is 0.0909. The smallest absolute Gasteiger partial charge is 0.342 e. The Morgan fingerprint density at radius 2 is 1.77 bits per heavy atom. The third-order valence-electron chi connectivity index (χ3n) is 4.30. The zero-order chi connectivity index (χ0) is 22.4. The van der Waals surface area contributed by atoms with Crippen LogP contribution in [-0.2, 0) is 9.53 Å². The zero-order valence-corrected chi connectivity index (χ0v) is 17.0. The van der Waals surface area contributed by atoms with E-state index in [2.05, 4.69) is 15.7 Å². The van der Waals surface area contributed by atoms with Gasteiger partial charge in [-0.25, -0.2) is 18.7 Å². The molecule has 2 aromatic carbocycles. The molecule has 0 spiro atoms. The Labute approximate surface area is 178 Å². The molecule has 8 nitrogen and oxygen atoms in total. The average molecular weight is 424 g/mol. The summed E-state index contributed by atoms with van der Waals surface area (Å²) in [6.45, 7) is 3.40. The highest BCUT2D eigenvalue weighted by Gasteiger charge is 2.25. The molecule has 31 heavy (non-hydrogen) atoms. The first-order valence-corrected chi connectivity index (χ1v) is 9.59. The lowest BCUT2D eigenvalue weighted by Gasteiger charge is -2.13. The number of hydrogen-bond donors (Lipinski definition) is 2. The molecule has 3 aromatic rings. The maximum Gasteiger partial charge on any atom is 0.342 e. The first-order valence-electron chi connectivity index (χ1n) is 9.59. The van der Waals surface area contributed by atoms with Crippen LogP contribution in [0.2, 0.25) is 0 Å². The standard InChI is InChI=1S/C22H21FN4O4/c1-3-24-22(30)25-20(28)14(2)31-21(29)18-13-27(17-7-5-4-6-8-17)26-19(18)15-9-11-16(23)12-10-15/h4-14H,3H2,1-2H3,(H2,24,25,28,30). The number of ether oxygens (including phenoxy) is 1. The lowest BCUT2D eigenvalue weighted by atomic mass is 10.1. The van der Waals surface area contributed by atoms with E-state index in [0.29, 0.717) is 17.8 Å². The van der Waals surface area contributed by atoms with E-state index in [1.807, 2.05) is 18.2 Å². The summed E-state index contributed by atoms with van der Waals surface area (Å²) in [6, 6.07) is 13.9. The van der Waals surface area contributed by atoms with E-state index in [1.165, 1.54) is 42.1 Å². The number of nitrogens with zero attached hydrogens (tertiary/aromatic N) is 2. The van der Waals surface area contributed by atoms with Gasteiger partial charge in [-0.2, -0.15) is 5.10 Å². The Balaban J connectivity index is 1.88. The van der Waals surface area contributed by atoms with Crippen LogP contribution in [0.25, 0.3) is 16.9 Å². The Bertz CT molecular complexity index is 1080. The van der Waals surface area contributed by atoms with Crippen LogP contribution in [0.1, 0.15) is 24.2 Å². The van der Waals surface area contributed by atoms with Gasteiger partial charge in [-0.3, -0.25) is 10.1 Å². The van der Waals surface area contributed by atoms with Crippen LogP contribution in [0.15, 0.2) is 60.8 Å². The van der Waals surface area contributed by atoms with Gasteiger partial charge in [0.25, 0.3) is 5.91 Å². The van der Waals surface area contributed by atoms with E-state index in [9.17, 15) is 18.8 Å². The van der Waals surface area contributed by atoms with Crippen molar-refractivity contribution in [3.63, 3.8) is 0 Å². The van der Waals surface area contributed by atoms with Crippen molar-refractivity contribution in [2.24, 2.45) is 0 Å². The Kier molecular flexibility index (Phi) is 6.76. The molecule has 1 aromatic heterocycles. The minimum atomic E-state index is -1.23. The number of carbonyl (C=O) groups excluding carboxylic acids is 3. The quantitative estimate of drug-likeness (QED) is 0.592. The number of para-hydroxylation sites is 1. The van der Waals surface area contributed by atoms with Crippen LogP contribution < -0.4 is 10.6 Å². The fourth-order valence-electron chi connectivity index (χ4n) is 2.75. The molecule has 0 bridgehead atoms. The van der Waals surface area contributed by atoms with Crippen molar-refractivity contribution in [3.05, 3.63) is 72.2 Å². The number of benzene rings is 2. The normalized spacial score (nSPS) is 11.5. The van der Waals surface area contributed by atoms with Gasteiger partial charge in [0.05, 0.1) is 5.69 Å². The highest BCUT2D eigenvalue weighted by Crippen LogP contribution is 2.25. The van der Waals surface area contributed by atoms with Crippen LogP contribution in [0.5, 0.6) is 0 Å². The van der Waals surface area contributed by atoms with Crippen molar-refractivity contribution in [2.45, 2.75) is 20.0 Å². The molecule has 3 amide bonds. The van der Waals surface area contributed by atoms with E-state index < -0.39 is 29.8 Å². The predicted molar refractivity (Wildman–Crippen MR) is 111 cm³/mol. The second-order valence-electron chi connectivity index (χ2n) is 6.57. The van der Waals surface area contributed by atoms with Crippen LogP contribution in [-0.4, -0.2) is 40.3 Å². The third-order valence-corrected chi connectivity index (χ3v) is 4.30. The molecule has 1 atom stereocenters. The van der Waals surface area contributed by atoms with Gasteiger partial charge >= 0.3 is 12.0 Å². The molecule has 0 aliphatic carbocycles. The van der Waals surface area contributed by atoms with Crippen molar-refractivity contribution in [1.82, 2.24) is 20.4 Å². The Morgan fingerprint density at radius 3 is 2.42 bits per heavy atom. The van der Waals surface area contributed by atoms with Gasteiger partial charge in [0, 0.05) is 18.3 Å². The fourth-order valence-corrected chi connectivity index (χ4v) is 2.75. The van der Waals surface area contributed by atoms with Crippen molar-refractivity contribution < 1.29 is 23.5 Å². The SMILES string of the molecule is CCNC(=O)NC(=O)C(C)OC(=O)c1cn(-c2ccccc2)nc1-c1ccc(F)cc1. The largest absolute Gasteiger partial charge is 0.449 e. The molecular weight excluding hydrogens is 403 g/mol. The van der Waals surface area contributed by atoms with Gasteiger partial charge in [0.2, 0.25) is 0 Å². The summed E-state index contributed by atoms with van der Waals surface area (Å²) in [5, 5.41) is 8.96. The molecule has 3 rings (SSSR count). The van der Waals surface area contributed by atoms with E-state index >= 15 is 0 Å². The summed E-state index contributed by atoms with van der Waals surface area (Å²) < 4.78 is 20.1. The number of carbonyl (C=O) groups is 3. The van der Waals surface area contributed by atoms with Crippen molar-refractivity contribution in [2.75, 3.05) is 6.54 Å². The Hall–Kier alpha value is -4.01. The summed E-state index contributed by atoms with van der Waals surface area (Å²) >= 11 is 0. The number of urea groups is 1. The first kappa shape index (κ1) is 21.7. The topological polar surface area (TPSA) is 102 Å². The summed E-state index contributed by atoms with van der Waals surface area (Å²) in [7, 11) is 0. The predicted octanol–water partition coefficient (Wildman–Crippen LogP) is 3.07. The van der Waals surface area contributed by atoms with E-state index in [0.717, 1.165) is 0 Å². The zero-order valence-electron chi connectivity index (χ0n) is 17.0. The van der Waals surface area contributed by atoms with Crippen molar-refractivity contribution >= 4 is 17.9 Å². The maximum atomic E-state index is 13.4. The molecule has 0 aliphatic rings. The van der Waals surface area contributed by atoms with E-state index in [-0.39, 0.29) is 11.3 Å². The summed E-state index contributed by atoms with van der Waals surface area (Å²) in [5.74, 6) is -2.00. The van der Waals surface area contributed by atoms with Crippen LogP contribution in [0.3, 0.4) is 0 Å². The number of aromatic nitrogens is 2. The van der Waals surface area contributed by atoms with E-state index in [4.69, 9.17) is 4.74 Å². The van der Waals surface area contributed by atoms with Gasteiger partial charge in [-0.05, 0) is 50.2 Å². The lowest BCUT2D eigenvalue weighted by molar-refractivity contribution is -0.127. The monoisotopic (exact) mass is 424 g/mol. The summed E-state index contributed by atoms with van der Waals surface area (Å²) in [5.41, 5.74) is 1.56. The number of halogens is 1. The molecule has 160 valence electrons. The molecule has 2 N–H and O–H groups in total. The molecule has 0 saturated carbocycles. The minimum Gasteiger partial charge on any atom is -0.449 e. The third kappa shape index (κ3) is 5.33. The van der Waals surface area contributed by atoms with Crippen LogP contribution >= 0.6 is 0 Å². The van der Waals surface area contributed by atoms with Gasteiger partial charge in [-0.15, -0.1) is 0 Å². The van der Waals surface area contributed by atoms with Crippen molar-refractivity contribution in [3.8, 4) is 16.9 Å². The molecule has 0 fully saturated rings. The average Bonchev–Trinajstić information content (AvgIpc) is 3.20. The maximum absolute atomic E-state index is 13.4. The molecular formula is C22H21FN4O4. The molecule has 0 saturated heterocycles. The van der Waals surface area contributed by atoms with E-state index in [1.54, 1.807) is 19.1 Å². The summed E-state index contributed by atoms with van der Waals surface area (Å²) in [6.07, 6.45) is 0.251. The number of esters is 1. The fraction of sp³-hybridized carbons (Fsp3) is 0.182. The number of amides is 3. The number of nitrogens with one attached hydrogen (secondary N) is 2. The highest BCUT2D eigenvalue weighted by atomic mass is 19.1. The number of hydrogen-bond acceptors (Lipinski definition) is 5. The van der Waals surface area contributed by atoms with Crippen LogP contribution in [0, 0.1) is 5.82 Å². The first-order chi connectivity index (χ1) is 14.9. The van der Waals surface area contributed by atoms with Crippen LogP contribution in [0.4, 0.5) is 9.18 Å². The second-order valence-corrected chi connectivity index (χ2v) is 6.57.